The number of fused-ring (bicyclic) bond motifs is 1. The molecule has 0 saturated heterocycles. The Hall–Kier alpha value is -1.49. The zero-order valence-corrected chi connectivity index (χ0v) is 10.3. The number of halogens is 1. The summed E-state index contributed by atoms with van der Waals surface area (Å²) in [6.07, 6.45) is 0. The number of hydrogen-bond donors (Lipinski definition) is 1. The summed E-state index contributed by atoms with van der Waals surface area (Å²) in [7, 11) is 1.56. The van der Waals surface area contributed by atoms with Crippen molar-refractivity contribution in [1.82, 2.24) is 0 Å². The molecule has 0 saturated carbocycles. The van der Waals surface area contributed by atoms with Crippen LogP contribution in [0.5, 0.6) is 5.75 Å². The van der Waals surface area contributed by atoms with Crippen molar-refractivity contribution in [2.24, 2.45) is 0 Å². The molecule has 0 aliphatic heterocycles. The van der Waals surface area contributed by atoms with Crippen molar-refractivity contribution in [1.29, 1.82) is 0 Å². The Morgan fingerprint density at radius 3 is 2.75 bits per heavy atom. The molecule has 0 aliphatic rings. The van der Waals surface area contributed by atoms with E-state index in [2.05, 4.69) is 15.9 Å². The molecule has 0 aliphatic carbocycles. The molecule has 0 unspecified atom stereocenters. The molecule has 4 nitrogen and oxygen atoms in total. The van der Waals surface area contributed by atoms with Crippen LogP contribution in [0.1, 0.15) is 16.1 Å². The SMILES string of the molecule is COc1ccc2oc(C(=O)O)c(C)c2c1Br. The maximum absolute atomic E-state index is 10.9. The highest BCUT2D eigenvalue weighted by molar-refractivity contribution is 9.10. The molecular formula is C11H9BrO4. The fourth-order valence-corrected chi connectivity index (χ4v) is 2.42. The normalized spacial score (nSPS) is 10.7. The topological polar surface area (TPSA) is 59.7 Å². The number of rotatable bonds is 2. The molecule has 0 fully saturated rings. The smallest absolute Gasteiger partial charge is 0.372 e. The minimum atomic E-state index is -1.07. The van der Waals surface area contributed by atoms with E-state index in [-0.39, 0.29) is 5.76 Å². The van der Waals surface area contributed by atoms with Gasteiger partial charge in [0.25, 0.3) is 0 Å². The standard InChI is InChI=1S/C11H9BrO4/c1-5-8-6(16-10(5)11(13)14)3-4-7(15-2)9(8)12/h3-4H,1-2H3,(H,13,14). The zero-order chi connectivity index (χ0) is 11.9. The first-order chi connectivity index (χ1) is 7.56. The van der Waals surface area contributed by atoms with Gasteiger partial charge < -0.3 is 14.3 Å². The average Bonchev–Trinajstić information content (AvgIpc) is 2.57. The summed E-state index contributed by atoms with van der Waals surface area (Å²) in [4.78, 5) is 10.9. The van der Waals surface area contributed by atoms with Gasteiger partial charge in [-0.1, -0.05) is 0 Å². The molecule has 16 heavy (non-hydrogen) atoms. The van der Waals surface area contributed by atoms with Gasteiger partial charge in [0.15, 0.2) is 0 Å². The number of furan rings is 1. The zero-order valence-electron chi connectivity index (χ0n) is 8.70. The quantitative estimate of drug-likeness (QED) is 0.920. The highest BCUT2D eigenvalue weighted by Gasteiger charge is 2.19. The van der Waals surface area contributed by atoms with Crippen LogP contribution in [0.4, 0.5) is 0 Å². The molecule has 0 bridgehead atoms. The van der Waals surface area contributed by atoms with Crippen LogP contribution >= 0.6 is 15.9 Å². The molecule has 5 heteroatoms. The van der Waals surface area contributed by atoms with Crippen LogP contribution in [-0.4, -0.2) is 18.2 Å². The number of carboxylic acids is 1. The summed E-state index contributed by atoms with van der Waals surface area (Å²) in [5, 5.41) is 9.68. The van der Waals surface area contributed by atoms with Gasteiger partial charge in [0, 0.05) is 10.9 Å². The van der Waals surface area contributed by atoms with Crippen LogP contribution in [0.3, 0.4) is 0 Å². The first-order valence-corrected chi connectivity index (χ1v) is 5.34. The predicted molar refractivity (Wildman–Crippen MR) is 62.2 cm³/mol. The second-order valence-electron chi connectivity index (χ2n) is 3.32. The third kappa shape index (κ3) is 1.48. The molecule has 84 valence electrons. The number of aryl methyl sites for hydroxylation is 1. The van der Waals surface area contributed by atoms with E-state index in [0.717, 1.165) is 5.39 Å². The lowest BCUT2D eigenvalue weighted by Crippen LogP contribution is -1.95. The minimum Gasteiger partial charge on any atom is -0.496 e. The second kappa shape index (κ2) is 3.83. The van der Waals surface area contributed by atoms with Crippen molar-refractivity contribution in [3.8, 4) is 5.75 Å². The van der Waals surface area contributed by atoms with Gasteiger partial charge in [-0.05, 0) is 35.0 Å². The van der Waals surface area contributed by atoms with Crippen LogP contribution in [0.2, 0.25) is 0 Å². The highest BCUT2D eigenvalue weighted by Crippen LogP contribution is 2.37. The van der Waals surface area contributed by atoms with Crippen molar-refractivity contribution in [3.05, 3.63) is 27.9 Å². The van der Waals surface area contributed by atoms with Gasteiger partial charge in [-0.2, -0.15) is 0 Å². The molecule has 1 aromatic heterocycles. The van der Waals surface area contributed by atoms with Crippen LogP contribution in [0.15, 0.2) is 21.0 Å². The maximum atomic E-state index is 10.9. The molecular weight excluding hydrogens is 276 g/mol. The maximum Gasteiger partial charge on any atom is 0.372 e. The molecule has 1 aromatic carbocycles. The Labute approximate surface area is 99.9 Å². The van der Waals surface area contributed by atoms with Gasteiger partial charge in [0.2, 0.25) is 5.76 Å². The van der Waals surface area contributed by atoms with E-state index in [1.165, 1.54) is 0 Å². The van der Waals surface area contributed by atoms with Crippen LogP contribution in [-0.2, 0) is 0 Å². The number of methoxy groups -OCH3 is 1. The van der Waals surface area contributed by atoms with Crippen molar-refractivity contribution < 1.29 is 19.1 Å². The molecule has 0 spiro atoms. The first kappa shape index (κ1) is 11.0. The van der Waals surface area contributed by atoms with E-state index in [0.29, 0.717) is 21.4 Å². The minimum absolute atomic E-state index is 0.0380. The lowest BCUT2D eigenvalue weighted by atomic mass is 10.1. The number of hydrogen-bond acceptors (Lipinski definition) is 3. The summed E-state index contributed by atoms with van der Waals surface area (Å²) in [6.45, 7) is 1.71. The Bertz CT molecular complexity index is 571. The van der Waals surface area contributed by atoms with Gasteiger partial charge >= 0.3 is 5.97 Å². The van der Waals surface area contributed by atoms with Crippen molar-refractivity contribution in [2.45, 2.75) is 6.92 Å². The summed E-state index contributed by atoms with van der Waals surface area (Å²) >= 11 is 3.38. The van der Waals surface area contributed by atoms with Gasteiger partial charge in [-0.15, -0.1) is 0 Å². The van der Waals surface area contributed by atoms with Crippen molar-refractivity contribution in [3.63, 3.8) is 0 Å². The van der Waals surface area contributed by atoms with Crippen molar-refractivity contribution >= 4 is 32.9 Å². The molecule has 2 rings (SSSR count). The summed E-state index contributed by atoms with van der Waals surface area (Å²) in [5.74, 6) is -0.461. The number of benzene rings is 1. The van der Waals surface area contributed by atoms with E-state index in [4.69, 9.17) is 14.3 Å². The Balaban J connectivity index is 2.83. The van der Waals surface area contributed by atoms with E-state index >= 15 is 0 Å². The third-order valence-corrected chi connectivity index (χ3v) is 3.20. The largest absolute Gasteiger partial charge is 0.496 e. The Morgan fingerprint density at radius 2 is 2.19 bits per heavy atom. The lowest BCUT2D eigenvalue weighted by Gasteiger charge is -2.03. The van der Waals surface area contributed by atoms with E-state index in [1.807, 2.05) is 0 Å². The van der Waals surface area contributed by atoms with Crippen LogP contribution < -0.4 is 4.74 Å². The van der Waals surface area contributed by atoms with Gasteiger partial charge in [-0.3, -0.25) is 0 Å². The Morgan fingerprint density at radius 1 is 1.50 bits per heavy atom. The van der Waals surface area contributed by atoms with Gasteiger partial charge in [0.1, 0.15) is 11.3 Å². The van der Waals surface area contributed by atoms with E-state index < -0.39 is 5.97 Å². The fourth-order valence-electron chi connectivity index (χ4n) is 1.64. The number of aromatic carboxylic acids is 1. The Kier molecular flexibility index (Phi) is 2.63. The molecule has 0 radical (unpaired) electrons. The fraction of sp³-hybridized carbons (Fsp3) is 0.182. The highest BCUT2D eigenvalue weighted by atomic mass is 79.9. The number of carbonyl (C=O) groups is 1. The second-order valence-corrected chi connectivity index (χ2v) is 4.11. The summed E-state index contributed by atoms with van der Waals surface area (Å²) < 4.78 is 11.1. The van der Waals surface area contributed by atoms with Crippen LogP contribution in [0.25, 0.3) is 11.0 Å². The monoisotopic (exact) mass is 284 g/mol. The molecule has 1 heterocycles. The molecule has 2 aromatic rings. The number of ether oxygens (including phenoxy) is 1. The molecule has 0 atom stereocenters. The summed E-state index contributed by atoms with van der Waals surface area (Å²) in [6, 6.07) is 3.42. The van der Waals surface area contributed by atoms with E-state index in [1.54, 1.807) is 26.2 Å². The first-order valence-electron chi connectivity index (χ1n) is 4.55. The predicted octanol–water partition coefficient (Wildman–Crippen LogP) is 3.21. The third-order valence-electron chi connectivity index (χ3n) is 2.41. The lowest BCUT2D eigenvalue weighted by molar-refractivity contribution is 0.0664. The molecule has 1 N–H and O–H groups in total. The van der Waals surface area contributed by atoms with E-state index in [9.17, 15) is 4.79 Å². The van der Waals surface area contributed by atoms with Gasteiger partial charge in [-0.25, -0.2) is 4.79 Å². The van der Waals surface area contributed by atoms with Crippen molar-refractivity contribution in [2.75, 3.05) is 7.11 Å². The summed E-state index contributed by atoms with van der Waals surface area (Å²) in [5.41, 5.74) is 1.12. The van der Waals surface area contributed by atoms with Crippen LogP contribution in [0, 0.1) is 6.92 Å². The number of carboxylic acid groups (broad SMARTS) is 1. The van der Waals surface area contributed by atoms with Gasteiger partial charge in [0.05, 0.1) is 11.6 Å². The molecule has 0 amide bonds. The average molecular weight is 285 g/mol.